The fourth-order valence-corrected chi connectivity index (χ4v) is 3.93. The number of rotatable bonds is 6. The number of anilines is 3. The molecule has 0 radical (unpaired) electrons. The summed E-state index contributed by atoms with van der Waals surface area (Å²) < 4.78 is 0. The monoisotopic (exact) mass is 405 g/mol. The van der Waals surface area contributed by atoms with Gasteiger partial charge in [0.2, 0.25) is 0 Å². The molecule has 0 aromatic carbocycles. The minimum Gasteiger partial charge on any atom is -0.393 e. The standard InChI is InChI=1S/C23H27N5O2/c1-2-19-22(25-16-8-10-18(29)11-9-16)28-23(20(27-19)21(24)30)26-17-12-14-6-4-3-5-7-15(14)13-17/h3-7,12-13,16,18,29H,2,8-11H2,1H3,(H2,24,30)(H2,25,26,28)/t16-,18-. The number of hydrogen-bond acceptors (Lipinski definition) is 6. The van der Waals surface area contributed by atoms with E-state index in [1.54, 1.807) is 0 Å². The fourth-order valence-electron chi connectivity index (χ4n) is 3.93. The molecule has 0 saturated heterocycles. The quantitative estimate of drug-likeness (QED) is 0.497. The number of primary amides is 1. The normalized spacial score (nSPS) is 18.9. The largest absolute Gasteiger partial charge is 0.393 e. The summed E-state index contributed by atoms with van der Waals surface area (Å²) in [6, 6.07) is 14.3. The minimum atomic E-state index is -0.616. The molecule has 156 valence electrons. The summed E-state index contributed by atoms with van der Waals surface area (Å²) in [5.41, 5.74) is 9.43. The second kappa shape index (κ2) is 8.67. The number of nitrogens with two attached hydrogens (primary N) is 1. The number of carbonyl (C=O) groups is 1. The first-order chi connectivity index (χ1) is 14.5. The van der Waals surface area contributed by atoms with Crippen LogP contribution < -0.4 is 16.4 Å². The summed E-state index contributed by atoms with van der Waals surface area (Å²) in [6.07, 6.45) is 3.70. The molecule has 1 fully saturated rings. The number of nitrogens with one attached hydrogen (secondary N) is 2. The third kappa shape index (κ3) is 4.36. The topological polar surface area (TPSA) is 113 Å². The molecule has 1 amide bonds. The highest BCUT2D eigenvalue weighted by atomic mass is 16.3. The van der Waals surface area contributed by atoms with E-state index in [0.29, 0.717) is 23.8 Å². The van der Waals surface area contributed by atoms with Crippen molar-refractivity contribution in [2.24, 2.45) is 5.73 Å². The van der Waals surface area contributed by atoms with Crippen LogP contribution in [-0.4, -0.2) is 33.1 Å². The van der Waals surface area contributed by atoms with Gasteiger partial charge in [-0.25, -0.2) is 9.97 Å². The smallest absolute Gasteiger partial charge is 0.271 e. The number of hydrogen-bond donors (Lipinski definition) is 4. The van der Waals surface area contributed by atoms with Crippen molar-refractivity contribution in [3.8, 4) is 11.1 Å². The van der Waals surface area contributed by atoms with Gasteiger partial charge in [-0.15, -0.1) is 0 Å². The Hall–Kier alpha value is -3.19. The van der Waals surface area contributed by atoms with Gasteiger partial charge in [0, 0.05) is 11.7 Å². The van der Waals surface area contributed by atoms with Crippen molar-refractivity contribution in [2.45, 2.75) is 51.2 Å². The van der Waals surface area contributed by atoms with Crippen LogP contribution in [0, 0.1) is 0 Å². The van der Waals surface area contributed by atoms with Crippen LogP contribution in [0.1, 0.15) is 48.8 Å². The van der Waals surface area contributed by atoms with E-state index in [0.717, 1.165) is 42.5 Å². The van der Waals surface area contributed by atoms with Crippen LogP contribution in [0.3, 0.4) is 0 Å². The first-order valence-corrected chi connectivity index (χ1v) is 10.4. The summed E-state index contributed by atoms with van der Waals surface area (Å²) in [7, 11) is 0. The Morgan fingerprint density at radius 2 is 1.73 bits per heavy atom. The van der Waals surface area contributed by atoms with Crippen molar-refractivity contribution in [2.75, 3.05) is 10.6 Å². The number of carbonyl (C=O) groups excluding carboxylic acids is 1. The third-order valence-electron chi connectivity index (χ3n) is 5.57. The number of amides is 1. The van der Waals surface area contributed by atoms with Crippen LogP contribution in [0.25, 0.3) is 11.1 Å². The summed E-state index contributed by atoms with van der Waals surface area (Å²) in [4.78, 5) is 21.3. The molecule has 1 aromatic rings. The maximum atomic E-state index is 12.1. The molecule has 1 aromatic heterocycles. The van der Waals surface area contributed by atoms with Gasteiger partial charge in [-0.3, -0.25) is 4.79 Å². The zero-order valence-corrected chi connectivity index (χ0v) is 17.1. The summed E-state index contributed by atoms with van der Waals surface area (Å²) >= 11 is 0. The number of fused-ring (bicyclic) bond motifs is 1. The fraction of sp³-hybridized carbons (Fsp3) is 0.348. The predicted octanol–water partition coefficient (Wildman–Crippen LogP) is 3.70. The minimum absolute atomic E-state index is 0.132. The molecule has 4 rings (SSSR count). The molecule has 3 aliphatic rings. The molecule has 0 spiro atoms. The van der Waals surface area contributed by atoms with Gasteiger partial charge < -0.3 is 21.5 Å². The van der Waals surface area contributed by atoms with E-state index >= 15 is 0 Å². The second-order valence-electron chi connectivity index (χ2n) is 7.77. The lowest BCUT2D eigenvalue weighted by atomic mass is 9.93. The van der Waals surface area contributed by atoms with Crippen molar-refractivity contribution < 1.29 is 9.90 Å². The van der Waals surface area contributed by atoms with Crippen LogP contribution in [-0.2, 0) is 6.42 Å². The van der Waals surface area contributed by atoms with E-state index in [1.165, 1.54) is 0 Å². The number of aromatic nitrogens is 2. The van der Waals surface area contributed by atoms with Crippen molar-refractivity contribution in [1.82, 2.24) is 9.97 Å². The first kappa shape index (κ1) is 20.1. The highest BCUT2D eigenvalue weighted by molar-refractivity contribution is 5.97. The van der Waals surface area contributed by atoms with Crippen molar-refractivity contribution in [3.63, 3.8) is 0 Å². The van der Waals surface area contributed by atoms with Crippen LogP contribution in [0.2, 0.25) is 0 Å². The van der Waals surface area contributed by atoms with Gasteiger partial charge in [0.1, 0.15) is 5.82 Å². The molecule has 0 unspecified atom stereocenters. The Bertz CT molecular complexity index is 984. The average molecular weight is 406 g/mol. The number of nitrogens with zero attached hydrogens (tertiary/aromatic N) is 2. The highest BCUT2D eigenvalue weighted by Crippen LogP contribution is 2.31. The first-order valence-electron chi connectivity index (χ1n) is 10.4. The number of aryl methyl sites for hydroxylation is 1. The SMILES string of the molecule is CCc1nc(C(N)=O)c(Nc2cc3cccccc-3c2)nc1N[C@H]1CC[C@H](O)CC1. The van der Waals surface area contributed by atoms with E-state index in [1.807, 2.05) is 49.4 Å². The molecule has 7 heteroatoms. The Balaban J connectivity index is 1.66. The predicted molar refractivity (Wildman–Crippen MR) is 118 cm³/mol. The molecule has 5 N–H and O–H groups in total. The lowest BCUT2D eigenvalue weighted by Gasteiger charge is -2.27. The molecule has 1 heterocycles. The van der Waals surface area contributed by atoms with E-state index in [9.17, 15) is 9.90 Å². The van der Waals surface area contributed by atoms with Crippen LogP contribution in [0.4, 0.5) is 17.3 Å². The maximum Gasteiger partial charge on any atom is 0.271 e. The zero-order chi connectivity index (χ0) is 21.1. The Morgan fingerprint density at radius 3 is 2.33 bits per heavy atom. The molecule has 1 saturated carbocycles. The van der Waals surface area contributed by atoms with Crippen LogP contribution in [0.5, 0.6) is 0 Å². The molecule has 0 bridgehead atoms. The summed E-state index contributed by atoms with van der Waals surface area (Å²) in [5, 5.41) is 16.5. The van der Waals surface area contributed by atoms with E-state index in [2.05, 4.69) is 15.6 Å². The van der Waals surface area contributed by atoms with Crippen molar-refractivity contribution in [3.05, 3.63) is 53.9 Å². The van der Waals surface area contributed by atoms with E-state index in [4.69, 9.17) is 10.7 Å². The lowest BCUT2D eigenvalue weighted by molar-refractivity contribution is 0.0996. The van der Waals surface area contributed by atoms with Crippen molar-refractivity contribution in [1.29, 1.82) is 0 Å². The maximum absolute atomic E-state index is 12.1. The van der Waals surface area contributed by atoms with Crippen molar-refractivity contribution >= 4 is 23.2 Å². The lowest BCUT2D eigenvalue weighted by Crippen LogP contribution is -2.29. The summed E-state index contributed by atoms with van der Waals surface area (Å²) in [5.74, 6) is 0.390. The van der Waals surface area contributed by atoms with Gasteiger partial charge in [0.15, 0.2) is 11.5 Å². The Labute approximate surface area is 176 Å². The molecular formula is C23H27N5O2. The third-order valence-corrected chi connectivity index (χ3v) is 5.57. The van der Waals surface area contributed by atoms with Gasteiger partial charge in [0.25, 0.3) is 5.91 Å². The summed E-state index contributed by atoms with van der Waals surface area (Å²) in [6.45, 7) is 1.97. The number of aliphatic hydroxyl groups is 1. The Morgan fingerprint density at radius 1 is 1.07 bits per heavy atom. The molecule has 0 aliphatic heterocycles. The molecule has 30 heavy (non-hydrogen) atoms. The second-order valence-corrected chi connectivity index (χ2v) is 7.77. The van der Waals surface area contributed by atoms with Gasteiger partial charge in [-0.1, -0.05) is 37.3 Å². The molecule has 7 nitrogen and oxygen atoms in total. The van der Waals surface area contributed by atoms with Gasteiger partial charge in [0.05, 0.1) is 11.8 Å². The molecule has 0 atom stereocenters. The molecule has 3 aliphatic carbocycles. The van der Waals surface area contributed by atoms with Crippen LogP contribution >= 0.6 is 0 Å². The molecular weight excluding hydrogens is 378 g/mol. The average Bonchev–Trinajstić information content (AvgIpc) is 2.97. The van der Waals surface area contributed by atoms with Gasteiger partial charge in [-0.2, -0.15) is 0 Å². The number of aliphatic hydroxyl groups excluding tert-OH is 1. The van der Waals surface area contributed by atoms with E-state index in [-0.39, 0.29) is 17.8 Å². The van der Waals surface area contributed by atoms with Gasteiger partial charge in [-0.05, 0) is 55.4 Å². The van der Waals surface area contributed by atoms with Gasteiger partial charge >= 0.3 is 0 Å². The van der Waals surface area contributed by atoms with Crippen LogP contribution in [0.15, 0.2) is 42.5 Å². The Kier molecular flexibility index (Phi) is 5.81. The highest BCUT2D eigenvalue weighted by Gasteiger charge is 2.23. The zero-order valence-electron chi connectivity index (χ0n) is 17.1. The van der Waals surface area contributed by atoms with E-state index < -0.39 is 5.91 Å².